The number of carbonyl (C=O) groups is 1. The number of halogens is 1. The molecular formula is C22H19ClO4. The number of allylic oxidation sites excluding steroid dienone is 2. The Bertz CT molecular complexity index is 974. The summed E-state index contributed by atoms with van der Waals surface area (Å²) in [4.78, 5) is 11.8. The Morgan fingerprint density at radius 2 is 1.89 bits per heavy atom. The summed E-state index contributed by atoms with van der Waals surface area (Å²) in [6.07, 6.45) is 7.25. The van der Waals surface area contributed by atoms with Crippen molar-refractivity contribution >= 4 is 28.9 Å². The average molecular weight is 383 g/mol. The molecule has 2 rings (SSSR count). The molecule has 0 heterocycles. The first-order valence-corrected chi connectivity index (χ1v) is 8.46. The number of hydrogen-bond acceptors (Lipinski definition) is 4. The molecule has 0 aromatic heterocycles. The third-order valence-electron chi connectivity index (χ3n) is 4.12. The number of esters is 1. The summed E-state index contributed by atoms with van der Waals surface area (Å²) >= 11 is 6.03. The molecule has 0 fully saturated rings. The second kappa shape index (κ2) is 8.48. The number of benzene rings is 2. The molecule has 0 amide bonds. The van der Waals surface area contributed by atoms with E-state index in [0.29, 0.717) is 21.7 Å². The van der Waals surface area contributed by atoms with Gasteiger partial charge in [-0.05, 0) is 66.4 Å². The summed E-state index contributed by atoms with van der Waals surface area (Å²) in [6.45, 7) is 3.74. The number of carbonyl (C=O) groups excluding carboxylic acids is 1. The van der Waals surface area contributed by atoms with E-state index < -0.39 is 5.97 Å². The van der Waals surface area contributed by atoms with E-state index in [4.69, 9.17) is 18.0 Å². The summed E-state index contributed by atoms with van der Waals surface area (Å²) in [6, 6.07) is 9.99. The van der Waals surface area contributed by atoms with Gasteiger partial charge in [-0.3, -0.25) is 0 Å². The van der Waals surface area contributed by atoms with Gasteiger partial charge in [0.05, 0.1) is 7.11 Å². The number of rotatable bonds is 4. The van der Waals surface area contributed by atoms with Crippen molar-refractivity contribution in [1.82, 2.24) is 0 Å². The van der Waals surface area contributed by atoms with Crippen LogP contribution in [0.1, 0.15) is 25.0 Å². The Labute approximate surface area is 163 Å². The molecule has 0 bridgehead atoms. The topological polar surface area (TPSA) is 66.8 Å². The molecule has 0 aliphatic carbocycles. The van der Waals surface area contributed by atoms with Crippen molar-refractivity contribution < 1.29 is 19.7 Å². The van der Waals surface area contributed by atoms with E-state index in [1.165, 1.54) is 13.2 Å². The molecule has 2 aromatic rings. The molecule has 0 unspecified atom stereocenters. The van der Waals surface area contributed by atoms with Crippen molar-refractivity contribution in [2.45, 2.75) is 13.8 Å². The van der Waals surface area contributed by atoms with Crippen LogP contribution in [0.25, 0.3) is 22.5 Å². The highest BCUT2D eigenvalue weighted by atomic mass is 35.5. The second-order valence-electron chi connectivity index (χ2n) is 5.79. The Hall–Kier alpha value is -3.16. The highest BCUT2D eigenvalue weighted by Gasteiger charge is 2.19. The largest absolute Gasteiger partial charge is 0.508 e. The van der Waals surface area contributed by atoms with Gasteiger partial charge < -0.3 is 14.9 Å². The maximum absolute atomic E-state index is 11.8. The van der Waals surface area contributed by atoms with Gasteiger partial charge in [-0.2, -0.15) is 0 Å². The van der Waals surface area contributed by atoms with Gasteiger partial charge in [0, 0.05) is 10.6 Å². The Morgan fingerprint density at radius 3 is 2.44 bits per heavy atom. The molecule has 27 heavy (non-hydrogen) atoms. The molecule has 0 saturated heterocycles. The molecule has 138 valence electrons. The monoisotopic (exact) mass is 382 g/mol. The molecule has 0 aliphatic rings. The number of aliphatic hydroxyl groups excluding tert-OH is 1. The van der Waals surface area contributed by atoms with Crippen LogP contribution in [0.15, 0.2) is 48.0 Å². The lowest BCUT2D eigenvalue weighted by Crippen LogP contribution is -2.07. The van der Waals surface area contributed by atoms with Crippen LogP contribution in [0.5, 0.6) is 5.75 Å². The minimum absolute atomic E-state index is 0.0499. The van der Waals surface area contributed by atoms with E-state index in [0.717, 1.165) is 11.1 Å². The number of phenolic OH excluding ortho intramolecular Hbond substituents is 1. The first-order chi connectivity index (χ1) is 12.8. The van der Waals surface area contributed by atoms with Gasteiger partial charge in [0.15, 0.2) is 5.57 Å². The number of ether oxygens (including phenoxy) is 1. The molecular weight excluding hydrogens is 364 g/mol. The second-order valence-corrected chi connectivity index (χ2v) is 6.23. The van der Waals surface area contributed by atoms with Crippen LogP contribution in [-0.2, 0) is 9.53 Å². The number of terminal acetylenes is 1. The number of aromatic hydroxyl groups is 1. The van der Waals surface area contributed by atoms with Crippen molar-refractivity contribution in [2.24, 2.45) is 0 Å². The Kier molecular flexibility index (Phi) is 6.33. The van der Waals surface area contributed by atoms with Gasteiger partial charge in [0.1, 0.15) is 11.5 Å². The molecule has 5 heteroatoms. The highest BCUT2D eigenvalue weighted by Crippen LogP contribution is 2.33. The van der Waals surface area contributed by atoms with Gasteiger partial charge >= 0.3 is 5.97 Å². The van der Waals surface area contributed by atoms with E-state index in [2.05, 4.69) is 10.7 Å². The van der Waals surface area contributed by atoms with E-state index in [9.17, 15) is 15.0 Å². The number of phenols is 1. The van der Waals surface area contributed by atoms with Crippen LogP contribution in [0, 0.1) is 12.3 Å². The minimum atomic E-state index is -0.789. The lowest BCUT2D eigenvalue weighted by atomic mass is 9.93. The van der Waals surface area contributed by atoms with Crippen molar-refractivity contribution in [3.8, 4) is 29.2 Å². The molecule has 0 saturated carbocycles. The van der Waals surface area contributed by atoms with E-state index in [1.54, 1.807) is 24.3 Å². The van der Waals surface area contributed by atoms with Crippen molar-refractivity contribution in [3.05, 3.63) is 64.2 Å². The van der Waals surface area contributed by atoms with Crippen LogP contribution in [0.3, 0.4) is 0 Å². The summed E-state index contributed by atoms with van der Waals surface area (Å²) in [5, 5.41) is 20.8. The van der Waals surface area contributed by atoms with Crippen molar-refractivity contribution in [2.75, 3.05) is 7.11 Å². The van der Waals surface area contributed by atoms with Crippen LogP contribution < -0.4 is 0 Å². The van der Waals surface area contributed by atoms with E-state index in [1.807, 2.05) is 26.0 Å². The maximum atomic E-state index is 11.8. The number of aliphatic hydroxyl groups is 1. The number of methoxy groups -OCH3 is 1. The lowest BCUT2D eigenvalue weighted by molar-refractivity contribution is -0.135. The predicted molar refractivity (Wildman–Crippen MR) is 108 cm³/mol. The first-order valence-electron chi connectivity index (χ1n) is 8.08. The molecule has 0 radical (unpaired) electrons. The van der Waals surface area contributed by atoms with Crippen LogP contribution in [0.4, 0.5) is 0 Å². The van der Waals surface area contributed by atoms with Gasteiger partial charge in [-0.1, -0.05) is 29.7 Å². The molecule has 4 nitrogen and oxygen atoms in total. The molecule has 2 aromatic carbocycles. The van der Waals surface area contributed by atoms with Gasteiger partial charge in [-0.25, -0.2) is 4.79 Å². The van der Waals surface area contributed by atoms with Crippen LogP contribution in [0.2, 0.25) is 5.02 Å². The molecule has 0 spiro atoms. The van der Waals surface area contributed by atoms with Crippen LogP contribution in [-0.4, -0.2) is 23.3 Å². The Balaban J connectivity index is 2.73. The highest BCUT2D eigenvalue weighted by molar-refractivity contribution is 6.31. The third kappa shape index (κ3) is 4.33. The SMILES string of the molecule is C#C/C(C(=O)OC)=C(/O)c1ccc(-c2cc(O)cc(Cl)c2)cc1/C(C)=C\C. The van der Waals surface area contributed by atoms with Crippen LogP contribution >= 0.6 is 11.6 Å². The zero-order valence-corrected chi connectivity index (χ0v) is 16.0. The van der Waals surface area contributed by atoms with Gasteiger partial charge in [-0.15, -0.1) is 6.42 Å². The van der Waals surface area contributed by atoms with E-state index in [-0.39, 0.29) is 17.1 Å². The number of hydrogen-bond donors (Lipinski definition) is 2. The molecule has 2 N–H and O–H groups in total. The fraction of sp³-hybridized carbons (Fsp3) is 0.136. The summed E-state index contributed by atoms with van der Waals surface area (Å²) in [5.41, 5.74) is 3.19. The lowest BCUT2D eigenvalue weighted by Gasteiger charge is -2.14. The smallest absolute Gasteiger partial charge is 0.350 e. The van der Waals surface area contributed by atoms with Gasteiger partial charge in [0.2, 0.25) is 0 Å². The third-order valence-corrected chi connectivity index (χ3v) is 4.34. The van der Waals surface area contributed by atoms with Crippen molar-refractivity contribution in [1.29, 1.82) is 0 Å². The summed E-state index contributed by atoms with van der Waals surface area (Å²) < 4.78 is 4.64. The summed E-state index contributed by atoms with van der Waals surface area (Å²) in [7, 11) is 1.19. The maximum Gasteiger partial charge on any atom is 0.350 e. The predicted octanol–water partition coefficient (Wildman–Crippen LogP) is 5.21. The Morgan fingerprint density at radius 1 is 1.19 bits per heavy atom. The van der Waals surface area contributed by atoms with Gasteiger partial charge in [0.25, 0.3) is 0 Å². The average Bonchev–Trinajstić information content (AvgIpc) is 2.66. The fourth-order valence-electron chi connectivity index (χ4n) is 2.61. The summed E-state index contributed by atoms with van der Waals surface area (Å²) in [5.74, 6) is 1.11. The molecule has 0 aliphatic heterocycles. The normalized spacial score (nSPS) is 12.2. The zero-order chi connectivity index (χ0) is 20.1. The standard InChI is InChI=1S/C22H19ClO4/c1-5-13(3)20-11-14(15-9-16(23)12-17(24)10-15)7-8-19(20)21(25)18(6-2)22(26)27-4/h2,5,7-12,24-25H,1,3-4H3/b13-5-,21-18-. The first kappa shape index (κ1) is 20.2. The fourth-order valence-corrected chi connectivity index (χ4v) is 2.84. The zero-order valence-electron chi connectivity index (χ0n) is 15.2. The molecule has 0 atom stereocenters. The minimum Gasteiger partial charge on any atom is -0.508 e. The van der Waals surface area contributed by atoms with E-state index >= 15 is 0 Å². The van der Waals surface area contributed by atoms with Crippen molar-refractivity contribution in [3.63, 3.8) is 0 Å². The quantitative estimate of drug-likeness (QED) is 0.329.